The number of imidazole rings is 1. The minimum absolute atomic E-state index is 0.0200. The Labute approximate surface area is 114 Å². The van der Waals surface area contributed by atoms with E-state index in [9.17, 15) is 0 Å². The monoisotopic (exact) mass is 258 g/mol. The molecule has 0 amide bonds. The van der Waals surface area contributed by atoms with E-state index in [-0.39, 0.29) is 6.04 Å². The van der Waals surface area contributed by atoms with Gasteiger partial charge in [0.05, 0.1) is 18.2 Å². The summed E-state index contributed by atoms with van der Waals surface area (Å²) < 4.78 is 2.07. The average Bonchev–Trinajstić information content (AvgIpc) is 2.87. The molecule has 0 radical (unpaired) electrons. The topological polar surface area (TPSA) is 47.1 Å². The minimum Gasteiger partial charge on any atom is -0.377 e. The van der Waals surface area contributed by atoms with E-state index in [1.54, 1.807) is 0 Å². The highest BCUT2D eigenvalue weighted by Crippen LogP contribution is 2.24. The molecule has 2 N–H and O–H groups in total. The predicted octanol–water partition coefficient (Wildman–Crippen LogP) is 2.66. The molecule has 0 aliphatic rings. The molecule has 4 nitrogen and oxygen atoms in total. The van der Waals surface area contributed by atoms with Gasteiger partial charge in [0.25, 0.3) is 0 Å². The smallest absolute Gasteiger partial charge is 0.0994 e. The summed E-state index contributed by atoms with van der Waals surface area (Å²) in [5, 5.41) is 0. The van der Waals surface area contributed by atoms with Gasteiger partial charge in [0.15, 0.2) is 0 Å². The first-order valence-corrected chi connectivity index (χ1v) is 6.60. The van der Waals surface area contributed by atoms with Gasteiger partial charge in [-0.05, 0) is 31.0 Å². The van der Waals surface area contributed by atoms with Crippen LogP contribution in [0.3, 0.4) is 0 Å². The van der Waals surface area contributed by atoms with Crippen molar-refractivity contribution in [2.75, 3.05) is 19.0 Å². The maximum atomic E-state index is 6.13. The van der Waals surface area contributed by atoms with E-state index in [0.717, 1.165) is 17.8 Å². The molecule has 0 spiro atoms. The molecule has 0 unspecified atom stereocenters. The zero-order chi connectivity index (χ0) is 14.0. The first-order chi connectivity index (χ1) is 9.04. The Morgan fingerprint density at radius 2 is 2.11 bits per heavy atom. The molecule has 19 heavy (non-hydrogen) atoms. The molecular weight excluding hydrogens is 236 g/mol. The van der Waals surface area contributed by atoms with Crippen molar-refractivity contribution in [2.24, 2.45) is 5.73 Å². The largest absolute Gasteiger partial charge is 0.377 e. The summed E-state index contributed by atoms with van der Waals surface area (Å²) in [5.41, 5.74) is 10.8. The van der Waals surface area contributed by atoms with Gasteiger partial charge in [-0.15, -0.1) is 0 Å². The van der Waals surface area contributed by atoms with Crippen molar-refractivity contribution in [3.63, 3.8) is 0 Å². The maximum absolute atomic E-state index is 6.13. The molecule has 102 valence electrons. The van der Waals surface area contributed by atoms with E-state index < -0.39 is 0 Å². The Morgan fingerprint density at radius 1 is 1.37 bits per heavy atom. The van der Waals surface area contributed by atoms with Gasteiger partial charge in [-0.1, -0.05) is 13.0 Å². The first kappa shape index (κ1) is 13.6. The third kappa shape index (κ3) is 2.63. The third-order valence-electron chi connectivity index (χ3n) is 3.44. The van der Waals surface area contributed by atoms with Crippen molar-refractivity contribution in [3.05, 3.63) is 42.0 Å². The number of nitrogens with zero attached hydrogens (tertiary/aromatic N) is 3. The molecule has 4 heteroatoms. The van der Waals surface area contributed by atoms with Gasteiger partial charge in [0.1, 0.15) is 0 Å². The molecule has 0 aliphatic carbocycles. The highest BCUT2D eigenvalue weighted by Gasteiger charge is 2.12. The van der Waals surface area contributed by atoms with Gasteiger partial charge in [-0.3, -0.25) is 0 Å². The summed E-state index contributed by atoms with van der Waals surface area (Å²) in [6, 6.07) is 6.43. The van der Waals surface area contributed by atoms with Crippen LogP contribution < -0.4 is 10.6 Å². The fourth-order valence-corrected chi connectivity index (χ4v) is 2.23. The van der Waals surface area contributed by atoms with Crippen molar-refractivity contribution in [1.29, 1.82) is 0 Å². The molecule has 0 saturated carbocycles. The van der Waals surface area contributed by atoms with Gasteiger partial charge >= 0.3 is 0 Å². The maximum Gasteiger partial charge on any atom is 0.0994 e. The number of rotatable bonds is 4. The fraction of sp³-hybridized carbons (Fsp3) is 0.400. The van der Waals surface area contributed by atoms with Gasteiger partial charge in [-0.2, -0.15) is 0 Å². The van der Waals surface area contributed by atoms with Crippen LogP contribution in [0.4, 0.5) is 5.69 Å². The van der Waals surface area contributed by atoms with Crippen LogP contribution in [0.15, 0.2) is 30.7 Å². The molecule has 0 saturated heterocycles. The van der Waals surface area contributed by atoms with Crippen molar-refractivity contribution < 1.29 is 0 Å². The number of anilines is 1. The Hall–Kier alpha value is -1.81. The van der Waals surface area contributed by atoms with Crippen LogP contribution in [0, 0.1) is 6.92 Å². The standard InChI is InChI=1S/C15H22N4/c1-5-13(16)15-9-17-10-19(15)12-7-6-11(2)14(8-12)18(3)4/h6-10,13H,5,16H2,1-4H3/t13-/m1/s1. The number of aromatic nitrogens is 2. The molecular formula is C15H22N4. The average molecular weight is 258 g/mol. The second-order valence-corrected chi connectivity index (χ2v) is 5.07. The first-order valence-electron chi connectivity index (χ1n) is 6.60. The molecule has 1 atom stereocenters. The van der Waals surface area contributed by atoms with E-state index in [4.69, 9.17) is 5.73 Å². The molecule has 0 bridgehead atoms. The van der Waals surface area contributed by atoms with Crippen molar-refractivity contribution in [2.45, 2.75) is 26.3 Å². The van der Waals surface area contributed by atoms with E-state index >= 15 is 0 Å². The summed E-state index contributed by atoms with van der Waals surface area (Å²) in [6.45, 7) is 4.20. The van der Waals surface area contributed by atoms with Crippen LogP contribution in [-0.4, -0.2) is 23.6 Å². The lowest BCUT2D eigenvalue weighted by Crippen LogP contribution is -2.14. The summed E-state index contributed by atoms with van der Waals surface area (Å²) in [7, 11) is 4.11. The lowest BCUT2D eigenvalue weighted by Gasteiger charge is -2.19. The minimum atomic E-state index is 0.0200. The highest BCUT2D eigenvalue weighted by molar-refractivity contribution is 5.58. The fourth-order valence-electron chi connectivity index (χ4n) is 2.23. The van der Waals surface area contributed by atoms with Gasteiger partial charge in [0.2, 0.25) is 0 Å². The van der Waals surface area contributed by atoms with Gasteiger partial charge in [-0.25, -0.2) is 4.98 Å². The third-order valence-corrected chi connectivity index (χ3v) is 3.44. The molecule has 0 fully saturated rings. The zero-order valence-electron chi connectivity index (χ0n) is 12.1. The van der Waals surface area contributed by atoms with Crippen LogP contribution in [0.25, 0.3) is 5.69 Å². The number of hydrogen-bond donors (Lipinski definition) is 1. The molecule has 0 aliphatic heterocycles. The zero-order valence-corrected chi connectivity index (χ0v) is 12.1. The quantitative estimate of drug-likeness (QED) is 0.917. The lowest BCUT2D eigenvalue weighted by molar-refractivity contribution is 0.660. The molecule has 2 aromatic rings. The molecule has 2 rings (SSSR count). The Bertz CT molecular complexity index is 557. The van der Waals surface area contributed by atoms with E-state index in [2.05, 4.69) is 60.6 Å². The number of benzene rings is 1. The lowest BCUT2D eigenvalue weighted by atomic mass is 10.1. The summed E-state index contributed by atoms with van der Waals surface area (Å²) in [6.07, 6.45) is 4.58. The summed E-state index contributed by atoms with van der Waals surface area (Å²) in [4.78, 5) is 6.35. The highest BCUT2D eigenvalue weighted by atomic mass is 15.1. The van der Waals surface area contributed by atoms with Gasteiger partial charge in [0, 0.05) is 31.5 Å². The molecule has 1 heterocycles. The van der Waals surface area contributed by atoms with Crippen LogP contribution >= 0.6 is 0 Å². The summed E-state index contributed by atoms with van der Waals surface area (Å²) in [5.74, 6) is 0. The van der Waals surface area contributed by atoms with Crippen molar-refractivity contribution in [3.8, 4) is 5.69 Å². The number of hydrogen-bond acceptors (Lipinski definition) is 3. The van der Waals surface area contributed by atoms with E-state index in [0.29, 0.717) is 0 Å². The SMILES string of the molecule is CC[C@@H](N)c1cncn1-c1ccc(C)c(N(C)C)c1. The number of nitrogens with two attached hydrogens (primary N) is 1. The molecule has 1 aromatic heterocycles. The van der Waals surface area contributed by atoms with E-state index in [1.165, 1.54) is 11.3 Å². The normalized spacial score (nSPS) is 12.5. The van der Waals surface area contributed by atoms with Crippen molar-refractivity contribution >= 4 is 5.69 Å². The van der Waals surface area contributed by atoms with Crippen LogP contribution in [0.2, 0.25) is 0 Å². The predicted molar refractivity (Wildman–Crippen MR) is 79.8 cm³/mol. The van der Waals surface area contributed by atoms with Crippen LogP contribution in [-0.2, 0) is 0 Å². The second-order valence-electron chi connectivity index (χ2n) is 5.07. The van der Waals surface area contributed by atoms with Crippen LogP contribution in [0.5, 0.6) is 0 Å². The Kier molecular flexibility index (Phi) is 3.90. The number of aryl methyl sites for hydroxylation is 1. The van der Waals surface area contributed by atoms with E-state index in [1.807, 2.05) is 12.5 Å². The van der Waals surface area contributed by atoms with Gasteiger partial charge < -0.3 is 15.2 Å². The molecule has 1 aromatic carbocycles. The Morgan fingerprint density at radius 3 is 2.74 bits per heavy atom. The summed E-state index contributed by atoms with van der Waals surface area (Å²) >= 11 is 0. The van der Waals surface area contributed by atoms with Crippen LogP contribution in [0.1, 0.15) is 30.6 Å². The Balaban J connectivity index is 2.48. The van der Waals surface area contributed by atoms with Crippen molar-refractivity contribution in [1.82, 2.24) is 9.55 Å². The second kappa shape index (κ2) is 5.45.